The minimum absolute atomic E-state index is 0.0294. The molecule has 0 bridgehead atoms. The molecule has 162 valence electrons. The molecule has 1 fully saturated rings. The first kappa shape index (κ1) is 21.8. The average Bonchev–Trinajstić information content (AvgIpc) is 3.24. The Morgan fingerprint density at radius 1 is 1.13 bits per heavy atom. The normalized spacial score (nSPS) is 15.0. The molecule has 0 saturated carbocycles. The van der Waals surface area contributed by atoms with Crippen molar-refractivity contribution in [2.45, 2.75) is 6.54 Å². The molecule has 1 saturated heterocycles. The lowest BCUT2D eigenvalue weighted by Gasteiger charge is -2.34. The number of aromatic nitrogens is 1. The molecule has 1 aliphatic heterocycles. The number of thiazole rings is 1. The molecule has 2 aromatic carbocycles. The standard InChI is InChI=1S/C23H25ClN4O2S/c1-30-20-4-2-3-17(13-20)14-27-9-11-28(12-10-27)15-22(29)26-23-25-21(16-31-23)18-5-7-19(24)8-6-18/h2-8,13,16H,9-12,14-15H2,1H3,(H,25,26,29). The Labute approximate surface area is 191 Å². The summed E-state index contributed by atoms with van der Waals surface area (Å²) in [5.74, 6) is 0.854. The summed E-state index contributed by atoms with van der Waals surface area (Å²) in [5.41, 5.74) is 3.06. The number of amides is 1. The SMILES string of the molecule is COc1cccc(CN2CCN(CC(=O)Nc3nc(-c4ccc(Cl)cc4)cs3)CC2)c1. The molecule has 31 heavy (non-hydrogen) atoms. The van der Waals surface area contributed by atoms with E-state index in [-0.39, 0.29) is 5.91 Å². The lowest BCUT2D eigenvalue weighted by atomic mass is 10.2. The van der Waals surface area contributed by atoms with Crippen LogP contribution in [0.3, 0.4) is 0 Å². The number of carbonyl (C=O) groups excluding carboxylic acids is 1. The molecule has 1 aliphatic rings. The van der Waals surface area contributed by atoms with Gasteiger partial charge < -0.3 is 10.1 Å². The third kappa shape index (κ3) is 6.04. The summed E-state index contributed by atoms with van der Waals surface area (Å²) < 4.78 is 5.30. The molecule has 1 N–H and O–H groups in total. The maximum Gasteiger partial charge on any atom is 0.240 e. The van der Waals surface area contributed by atoms with E-state index >= 15 is 0 Å². The number of rotatable bonds is 7. The fraction of sp³-hybridized carbons (Fsp3) is 0.304. The average molecular weight is 457 g/mol. The van der Waals surface area contributed by atoms with Crippen LogP contribution in [0.4, 0.5) is 5.13 Å². The highest BCUT2D eigenvalue weighted by molar-refractivity contribution is 7.14. The van der Waals surface area contributed by atoms with Gasteiger partial charge in [-0.3, -0.25) is 14.6 Å². The monoisotopic (exact) mass is 456 g/mol. The van der Waals surface area contributed by atoms with E-state index in [0.29, 0.717) is 16.7 Å². The van der Waals surface area contributed by atoms with Crippen LogP contribution < -0.4 is 10.1 Å². The number of ether oxygens (including phenoxy) is 1. The van der Waals surface area contributed by atoms with Crippen molar-refractivity contribution in [2.24, 2.45) is 0 Å². The van der Waals surface area contributed by atoms with Gasteiger partial charge in [-0.05, 0) is 29.8 Å². The van der Waals surface area contributed by atoms with E-state index in [4.69, 9.17) is 16.3 Å². The first-order chi connectivity index (χ1) is 15.1. The fourth-order valence-corrected chi connectivity index (χ4v) is 4.44. The van der Waals surface area contributed by atoms with E-state index in [1.54, 1.807) is 7.11 Å². The Kier molecular flexibility index (Phi) is 7.19. The van der Waals surface area contributed by atoms with Crippen LogP contribution in [-0.2, 0) is 11.3 Å². The van der Waals surface area contributed by atoms with Crippen molar-refractivity contribution in [3.8, 4) is 17.0 Å². The Balaban J connectivity index is 1.23. The van der Waals surface area contributed by atoms with Crippen molar-refractivity contribution in [3.05, 3.63) is 64.5 Å². The first-order valence-corrected chi connectivity index (χ1v) is 11.4. The van der Waals surface area contributed by atoms with E-state index in [1.807, 2.05) is 41.8 Å². The molecular formula is C23H25ClN4O2S. The predicted octanol–water partition coefficient (Wildman–Crippen LogP) is 4.23. The predicted molar refractivity (Wildman–Crippen MR) is 126 cm³/mol. The van der Waals surface area contributed by atoms with Gasteiger partial charge in [0.05, 0.1) is 19.3 Å². The van der Waals surface area contributed by atoms with Crippen molar-refractivity contribution >= 4 is 34.0 Å². The van der Waals surface area contributed by atoms with Crippen LogP contribution in [0.5, 0.6) is 5.75 Å². The van der Waals surface area contributed by atoms with Crippen molar-refractivity contribution < 1.29 is 9.53 Å². The number of anilines is 1. The molecule has 0 spiro atoms. The number of piperazine rings is 1. The summed E-state index contributed by atoms with van der Waals surface area (Å²) in [4.78, 5) is 21.6. The smallest absolute Gasteiger partial charge is 0.240 e. The second-order valence-electron chi connectivity index (χ2n) is 7.50. The second-order valence-corrected chi connectivity index (χ2v) is 8.79. The second kappa shape index (κ2) is 10.2. The zero-order valence-electron chi connectivity index (χ0n) is 17.4. The summed E-state index contributed by atoms with van der Waals surface area (Å²) in [6.45, 7) is 4.87. The maximum atomic E-state index is 12.5. The number of carbonyl (C=O) groups is 1. The molecule has 2 heterocycles. The van der Waals surface area contributed by atoms with E-state index in [9.17, 15) is 4.79 Å². The van der Waals surface area contributed by atoms with Gasteiger partial charge >= 0.3 is 0 Å². The summed E-state index contributed by atoms with van der Waals surface area (Å²) >= 11 is 7.37. The third-order valence-corrected chi connectivity index (χ3v) is 6.27. The van der Waals surface area contributed by atoms with Crippen LogP contribution >= 0.6 is 22.9 Å². The summed E-state index contributed by atoms with van der Waals surface area (Å²) in [6.07, 6.45) is 0. The Hall–Kier alpha value is -2.45. The van der Waals surface area contributed by atoms with Crippen molar-refractivity contribution in [1.29, 1.82) is 0 Å². The number of halogens is 1. The Bertz CT molecular complexity index is 1020. The summed E-state index contributed by atoms with van der Waals surface area (Å²) in [6, 6.07) is 15.7. The number of nitrogens with zero attached hydrogens (tertiary/aromatic N) is 3. The largest absolute Gasteiger partial charge is 0.497 e. The molecule has 1 amide bonds. The van der Waals surface area contributed by atoms with E-state index in [0.717, 1.165) is 49.7 Å². The van der Waals surface area contributed by atoms with Gasteiger partial charge in [-0.2, -0.15) is 0 Å². The summed E-state index contributed by atoms with van der Waals surface area (Å²) in [5, 5.41) is 6.18. The number of benzene rings is 2. The van der Waals surface area contributed by atoms with Gasteiger partial charge in [-0.25, -0.2) is 4.98 Å². The Morgan fingerprint density at radius 2 is 1.87 bits per heavy atom. The number of nitrogens with one attached hydrogen (secondary N) is 1. The van der Waals surface area contributed by atoms with Crippen molar-refractivity contribution in [2.75, 3.05) is 45.2 Å². The number of methoxy groups -OCH3 is 1. The van der Waals surface area contributed by atoms with E-state index in [2.05, 4.69) is 32.2 Å². The van der Waals surface area contributed by atoms with Crippen LogP contribution in [0.15, 0.2) is 53.9 Å². The van der Waals surface area contributed by atoms with Gasteiger partial charge in [-0.15, -0.1) is 11.3 Å². The highest BCUT2D eigenvalue weighted by Gasteiger charge is 2.19. The van der Waals surface area contributed by atoms with Crippen molar-refractivity contribution in [1.82, 2.24) is 14.8 Å². The van der Waals surface area contributed by atoms with Gasteiger partial charge in [0.15, 0.2) is 5.13 Å². The quantitative estimate of drug-likeness (QED) is 0.576. The number of hydrogen-bond acceptors (Lipinski definition) is 6. The number of hydrogen-bond donors (Lipinski definition) is 1. The van der Waals surface area contributed by atoms with Gasteiger partial charge in [0.1, 0.15) is 5.75 Å². The molecule has 8 heteroatoms. The molecule has 3 aromatic rings. The van der Waals surface area contributed by atoms with Gasteiger partial charge in [-0.1, -0.05) is 35.9 Å². The van der Waals surface area contributed by atoms with E-state index in [1.165, 1.54) is 16.9 Å². The lowest BCUT2D eigenvalue weighted by molar-refractivity contribution is -0.117. The highest BCUT2D eigenvalue weighted by atomic mass is 35.5. The van der Waals surface area contributed by atoms with Crippen LogP contribution in [0.25, 0.3) is 11.3 Å². The maximum absolute atomic E-state index is 12.5. The van der Waals surface area contributed by atoms with Gasteiger partial charge in [0, 0.05) is 48.7 Å². The van der Waals surface area contributed by atoms with Crippen LogP contribution in [-0.4, -0.2) is 60.5 Å². The van der Waals surface area contributed by atoms with Crippen molar-refractivity contribution in [3.63, 3.8) is 0 Å². The summed E-state index contributed by atoms with van der Waals surface area (Å²) in [7, 11) is 1.69. The van der Waals surface area contributed by atoms with Gasteiger partial charge in [0.25, 0.3) is 0 Å². The lowest BCUT2D eigenvalue weighted by Crippen LogP contribution is -2.48. The molecule has 0 unspecified atom stereocenters. The van der Waals surface area contributed by atoms with Gasteiger partial charge in [0.2, 0.25) is 5.91 Å². The molecular weight excluding hydrogens is 432 g/mol. The molecule has 0 radical (unpaired) electrons. The van der Waals surface area contributed by atoms with Crippen LogP contribution in [0.1, 0.15) is 5.56 Å². The zero-order valence-corrected chi connectivity index (χ0v) is 19.0. The van der Waals surface area contributed by atoms with Crippen LogP contribution in [0, 0.1) is 0 Å². The Morgan fingerprint density at radius 3 is 2.61 bits per heavy atom. The molecule has 6 nitrogen and oxygen atoms in total. The first-order valence-electron chi connectivity index (χ1n) is 10.2. The topological polar surface area (TPSA) is 57.7 Å². The minimum atomic E-state index is -0.0294. The third-order valence-electron chi connectivity index (χ3n) is 5.26. The zero-order chi connectivity index (χ0) is 21.6. The molecule has 1 aromatic heterocycles. The molecule has 0 aliphatic carbocycles. The molecule has 4 rings (SSSR count). The molecule has 0 atom stereocenters. The minimum Gasteiger partial charge on any atom is -0.497 e. The van der Waals surface area contributed by atoms with E-state index < -0.39 is 0 Å². The fourth-order valence-electron chi connectivity index (χ4n) is 3.58. The highest BCUT2D eigenvalue weighted by Crippen LogP contribution is 2.26. The van der Waals surface area contributed by atoms with Crippen LogP contribution in [0.2, 0.25) is 5.02 Å².